The summed E-state index contributed by atoms with van der Waals surface area (Å²) < 4.78 is 20.9. The molecule has 2 fully saturated rings. The summed E-state index contributed by atoms with van der Waals surface area (Å²) >= 11 is 5.79. The SMILES string of the molecule is C=CC(=O)N1CCC[C@@H](n2nc(-c3ccc(Oc4ccccc4)cc3)c3c(N)ncnc32)C1.Nc1ncnc2c1c(-c1ccc(Oc3ccccc3)cc1)nn2[C@@H]1CCCN(C(=O)CCCl)C1.[2H][B].[U]. The summed E-state index contributed by atoms with van der Waals surface area (Å²) in [6, 6.07) is 34.7. The first-order valence-electron chi connectivity index (χ1n) is 22.7. The third-order valence-corrected chi connectivity index (χ3v) is 12.1. The van der Waals surface area contributed by atoms with Crippen LogP contribution in [0.5, 0.6) is 23.0 Å². The van der Waals surface area contributed by atoms with E-state index in [-0.39, 0.29) is 55.0 Å². The molecule has 0 unspecified atom stereocenters. The summed E-state index contributed by atoms with van der Waals surface area (Å²) in [7, 11) is 3.75. The van der Waals surface area contributed by atoms with E-state index in [9.17, 15) is 9.59 Å². The van der Waals surface area contributed by atoms with E-state index in [2.05, 4.69) is 34.9 Å². The summed E-state index contributed by atoms with van der Waals surface area (Å²) in [5, 5.41) is 11.3. The van der Waals surface area contributed by atoms with Crippen LogP contribution in [0, 0.1) is 31.1 Å². The van der Waals surface area contributed by atoms with E-state index in [0.29, 0.717) is 77.0 Å². The van der Waals surface area contributed by atoms with Gasteiger partial charge in [0.25, 0.3) is 0 Å². The number of anilines is 2. The molecule has 2 atom stereocenters. The molecule has 2 amide bonds. The minimum Gasteiger partial charge on any atom is -0.457 e. The fourth-order valence-electron chi connectivity index (χ4n) is 8.62. The third kappa shape index (κ3) is 11.3. The normalized spacial score (nSPS) is 15.6. The average Bonchev–Trinajstić information content (AvgIpc) is 4.00. The molecule has 4 aromatic carbocycles. The van der Waals surface area contributed by atoms with Crippen LogP contribution in [0.2, 0.25) is 0 Å². The summed E-state index contributed by atoms with van der Waals surface area (Å²) in [4.78, 5) is 45.7. The average molecular weight is 1170 g/mol. The van der Waals surface area contributed by atoms with Gasteiger partial charge in [-0.15, -0.1) is 11.6 Å². The number of nitrogen functional groups attached to an aromatic ring is 2. The molecule has 6 heterocycles. The molecule has 10 rings (SSSR count). The number of halogens is 1. The van der Waals surface area contributed by atoms with E-state index in [0.717, 1.165) is 66.4 Å². The second-order valence-electron chi connectivity index (χ2n) is 16.2. The van der Waals surface area contributed by atoms with E-state index in [1.165, 1.54) is 18.7 Å². The number of nitrogens with zero attached hydrogens (tertiary/aromatic N) is 10. The van der Waals surface area contributed by atoms with E-state index < -0.39 is 0 Å². The number of para-hydroxylation sites is 2. The van der Waals surface area contributed by atoms with Gasteiger partial charge in [-0.25, -0.2) is 29.3 Å². The molecule has 2 saturated heterocycles. The van der Waals surface area contributed by atoms with Gasteiger partial charge in [0, 0.05) is 89.1 Å². The van der Waals surface area contributed by atoms with Crippen molar-refractivity contribution in [3.63, 3.8) is 0 Å². The van der Waals surface area contributed by atoms with Gasteiger partial charge in [0.1, 0.15) is 58.7 Å². The molecule has 2 aliphatic rings. The Balaban J connectivity index is 0.000000197. The Morgan fingerprint density at radius 3 is 1.52 bits per heavy atom. The maximum Gasteiger partial charge on any atom is 0.246 e. The minimum atomic E-state index is -0.0699. The summed E-state index contributed by atoms with van der Waals surface area (Å²) in [6.45, 7) is 6.18. The second-order valence-corrected chi connectivity index (χ2v) is 16.6. The van der Waals surface area contributed by atoms with Crippen LogP contribution in [0.4, 0.5) is 11.6 Å². The fourth-order valence-corrected chi connectivity index (χ4v) is 8.78. The predicted molar refractivity (Wildman–Crippen MR) is 266 cm³/mol. The first-order valence-corrected chi connectivity index (χ1v) is 22.7. The molecule has 0 bridgehead atoms. The van der Waals surface area contributed by atoms with Gasteiger partial charge in [0.2, 0.25) is 11.8 Å². The van der Waals surface area contributed by atoms with Crippen LogP contribution < -0.4 is 20.9 Å². The Morgan fingerprint density at radius 1 is 0.667 bits per heavy atom. The van der Waals surface area contributed by atoms with Gasteiger partial charge in [0.05, 0.1) is 22.9 Å². The van der Waals surface area contributed by atoms with Crippen molar-refractivity contribution in [1.82, 2.24) is 49.3 Å². The van der Waals surface area contributed by atoms with Crippen molar-refractivity contribution < 1.29 is 50.2 Å². The molecular formula is C50H50BClN12O4U. The van der Waals surface area contributed by atoms with E-state index >= 15 is 0 Å². The number of benzene rings is 4. The first-order chi connectivity index (χ1) is 33.8. The molecule has 0 aliphatic carbocycles. The van der Waals surface area contributed by atoms with Crippen molar-refractivity contribution in [2.75, 3.05) is 43.5 Å². The third-order valence-electron chi connectivity index (χ3n) is 11.9. The predicted octanol–water partition coefficient (Wildman–Crippen LogP) is 8.23. The number of aromatic nitrogens is 8. The zero-order valence-electron chi connectivity index (χ0n) is 38.8. The van der Waals surface area contributed by atoms with Gasteiger partial charge >= 0.3 is 0 Å². The number of hydrogen-bond acceptors (Lipinski definition) is 12. The van der Waals surface area contributed by atoms with Crippen molar-refractivity contribution in [3.05, 3.63) is 135 Å². The van der Waals surface area contributed by atoms with Crippen LogP contribution in [0.3, 0.4) is 0 Å². The number of likely N-dealkylation sites (tertiary alicyclic amines) is 2. The molecule has 19 heteroatoms. The second kappa shape index (κ2) is 23.0. The molecule has 16 nitrogen and oxygen atoms in total. The monoisotopic (exact) mass is 1170 g/mol. The molecule has 2 radical (unpaired) electrons. The number of nitrogens with two attached hydrogens (primary N) is 2. The maximum absolute atomic E-state index is 12.4. The van der Waals surface area contributed by atoms with Crippen LogP contribution in [0.1, 0.15) is 44.2 Å². The van der Waals surface area contributed by atoms with E-state index in [1.807, 2.05) is 123 Å². The standard InChI is InChI=1S/C25H25ClN6O2.C25H24N6O2.BH.U/c26-13-12-21(33)31-14-4-5-18(15-31)32-25-22(24(27)28-16-29-25)23(30-32)17-8-10-20(11-9-17)34-19-6-2-1-3-7-19;1-2-21(32)30-14-6-7-18(15-30)31-25-22(24(26)27-16-28-25)23(29-31)17-10-12-20(13-11-17)33-19-8-4-3-5-9-19;;/h1-3,6-11,16,18H,4-5,12-15H2,(H2,27,28,29);2-5,8-13,16,18H,1,6-7,14-15H2,(H2,26,27,28);1H;/t2*18-;;/m11../s1/i;;1D;. The summed E-state index contributed by atoms with van der Waals surface area (Å²) in [6.07, 6.45) is 8.16. The Labute approximate surface area is 431 Å². The number of hydrogen-bond donors (Lipinski definition) is 2. The van der Waals surface area contributed by atoms with Gasteiger partial charge in [-0.2, -0.15) is 10.2 Å². The van der Waals surface area contributed by atoms with Crippen molar-refractivity contribution in [2.24, 2.45) is 0 Å². The van der Waals surface area contributed by atoms with E-state index in [1.54, 1.807) is 4.90 Å². The summed E-state index contributed by atoms with van der Waals surface area (Å²) in [5.41, 5.74) is 17.1. The van der Waals surface area contributed by atoms with Gasteiger partial charge in [-0.05, 0) is 106 Å². The Kier molecular flexibility index (Phi) is 16.3. The Bertz CT molecular complexity index is 3020. The maximum atomic E-state index is 12.4. The number of piperidine rings is 2. The zero-order valence-corrected chi connectivity index (χ0v) is 42.7. The van der Waals surface area contributed by atoms with Crippen molar-refractivity contribution in [2.45, 2.75) is 44.2 Å². The molecule has 4 aromatic heterocycles. The molecule has 0 spiro atoms. The minimum absolute atomic E-state index is 0. The quantitative estimate of drug-likeness (QED) is 0.0716. The molecule has 8 aromatic rings. The van der Waals surface area contributed by atoms with Crippen molar-refractivity contribution >= 4 is 65.5 Å². The molecule has 4 N–H and O–H groups in total. The Morgan fingerprint density at radius 2 is 1.09 bits per heavy atom. The number of fused-ring (bicyclic) bond motifs is 2. The van der Waals surface area contributed by atoms with Crippen LogP contribution in [0.15, 0.2) is 135 Å². The van der Waals surface area contributed by atoms with Gasteiger partial charge in [0.15, 0.2) is 11.3 Å². The number of carbonyl (C=O) groups excluding carboxylic acids is 2. The Hall–Kier alpha value is -6.73. The van der Waals surface area contributed by atoms with Crippen LogP contribution in [0.25, 0.3) is 44.6 Å². The van der Waals surface area contributed by atoms with Crippen molar-refractivity contribution in [3.8, 4) is 45.5 Å². The molecule has 2 aliphatic heterocycles. The van der Waals surface area contributed by atoms with E-state index in [4.69, 9.17) is 44.1 Å². The van der Waals surface area contributed by atoms with Crippen LogP contribution in [-0.4, -0.2) is 103 Å². The van der Waals surface area contributed by atoms with Crippen molar-refractivity contribution in [1.29, 1.82) is 1.34 Å². The van der Waals surface area contributed by atoms with Crippen LogP contribution >= 0.6 is 11.6 Å². The van der Waals surface area contributed by atoms with Gasteiger partial charge in [-0.1, -0.05) is 43.0 Å². The number of amides is 2. The molecule has 0 saturated carbocycles. The number of rotatable bonds is 11. The first kappa shape index (κ1) is 48.7. The smallest absolute Gasteiger partial charge is 0.246 e. The molecule has 348 valence electrons. The largest absolute Gasteiger partial charge is 0.457 e. The van der Waals surface area contributed by atoms with Gasteiger partial charge in [-0.3, -0.25) is 9.59 Å². The summed E-state index contributed by atoms with van der Waals surface area (Å²) in [5.74, 6) is 4.07. The number of ether oxygens (including phenoxy) is 2. The number of alkyl halides is 1. The van der Waals surface area contributed by atoms with Gasteiger partial charge < -0.3 is 30.7 Å². The topological polar surface area (TPSA) is 198 Å². The number of carbonyl (C=O) groups is 2. The van der Waals surface area contributed by atoms with Crippen LogP contribution in [-0.2, 0) is 9.59 Å². The fraction of sp³-hybridized carbons (Fsp3) is 0.240. The zero-order chi connectivity index (χ0) is 48.3. The molecular weight excluding hydrogens is 1120 g/mol. The molecule has 69 heavy (non-hydrogen) atoms.